The van der Waals surface area contributed by atoms with Crippen LogP contribution in [0.2, 0.25) is 0 Å². The Labute approximate surface area is 216 Å². The highest BCUT2D eigenvalue weighted by Gasteiger charge is 2.03. The molecule has 0 spiro atoms. The number of carboxylic acids is 1. The zero-order chi connectivity index (χ0) is 27.4. The molecule has 0 heterocycles. The Balaban J connectivity index is 3.26. The maximum atomic E-state index is 11.7. The summed E-state index contributed by atoms with van der Waals surface area (Å²) in [5.74, 6) is -2.24. The van der Waals surface area contributed by atoms with Crippen LogP contribution in [0.5, 0.6) is 0 Å². The lowest BCUT2D eigenvalue weighted by Crippen LogP contribution is -2.32. The van der Waals surface area contributed by atoms with E-state index in [1.165, 1.54) is 7.11 Å². The fourth-order valence-electron chi connectivity index (χ4n) is 2.28. The highest BCUT2D eigenvalue weighted by molar-refractivity contribution is 5.94. The van der Waals surface area contributed by atoms with Gasteiger partial charge in [0.1, 0.15) is 0 Å². The van der Waals surface area contributed by atoms with E-state index in [1.807, 2.05) is 0 Å². The second-order valence-corrected chi connectivity index (χ2v) is 7.07. The van der Waals surface area contributed by atoms with Gasteiger partial charge in [-0.15, -0.1) is 0 Å². The lowest BCUT2D eigenvalue weighted by molar-refractivity contribution is -0.138. The number of nitrogens with one attached hydrogen (secondary N) is 2. The molecule has 0 aromatic heterocycles. The summed E-state index contributed by atoms with van der Waals surface area (Å²) in [5.41, 5.74) is 0. The summed E-state index contributed by atoms with van der Waals surface area (Å²) in [7, 11) is 1.21. The van der Waals surface area contributed by atoms with Crippen LogP contribution in [-0.2, 0) is 52.3 Å². The van der Waals surface area contributed by atoms with Gasteiger partial charge in [0, 0.05) is 31.7 Å². The first-order chi connectivity index (χ1) is 18.0. The van der Waals surface area contributed by atoms with Crippen molar-refractivity contribution >= 4 is 23.8 Å². The Morgan fingerprint density at radius 1 is 0.595 bits per heavy atom. The third-order valence-corrected chi connectivity index (χ3v) is 4.11. The summed E-state index contributed by atoms with van der Waals surface area (Å²) in [6, 6.07) is 0. The number of ether oxygens (including phenoxy) is 7. The van der Waals surface area contributed by atoms with Crippen LogP contribution >= 0.6 is 0 Å². The topological polar surface area (TPSA) is 177 Å². The summed E-state index contributed by atoms with van der Waals surface area (Å²) < 4.78 is 36.2. The second kappa shape index (κ2) is 26.4. The molecule has 0 rings (SSSR count). The van der Waals surface area contributed by atoms with Gasteiger partial charge in [-0.05, 0) is 0 Å². The van der Waals surface area contributed by atoms with Gasteiger partial charge >= 0.3 is 11.9 Å². The van der Waals surface area contributed by atoms with Crippen molar-refractivity contribution < 1.29 is 57.4 Å². The average Bonchev–Trinajstić information content (AvgIpc) is 2.87. The third-order valence-electron chi connectivity index (χ3n) is 4.11. The van der Waals surface area contributed by atoms with Crippen LogP contribution in [-0.4, -0.2) is 128 Å². The molecule has 0 aliphatic heterocycles. The largest absolute Gasteiger partial charge is 0.481 e. The number of esters is 1. The Morgan fingerprint density at radius 2 is 1.05 bits per heavy atom. The number of rotatable bonds is 26. The van der Waals surface area contributed by atoms with E-state index in [4.69, 9.17) is 33.5 Å². The zero-order valence-corrected chi connectivity index (χ0v) is 21.4. The minimum absolute atomic E-state index is 0.0170. The van der Waals surface area contributed by atoms with Gasteiger partial charge in [0.25, 0.3) is 0 Å². The Hall–Kier alpha value is -2.62. The quantitative estimate of drug-likeness (QED) is 0.0693. The lowest BCUT2D eigenvalue weighted by Gasteiger charge is -2.08. The van der Waals surface area contributed by atoms with E-state index < -0.39 is 17.8 Å². The summed E-state index contributed by atoms with van der Waals surface area (Å²) in [4.78, 5) is 44.2. The minimum Gasteiger partial charge on any atom is -0.481 e. The molecule has 0 saturated heterocycles. The predicted octanol–water partition coefficient (Wildman–Crippen LogP) is -1.09. The predicted molar refractivity (Wildman–Crippen MR) is 129 cm³/mol. The van der Waals surface area contributed by atoms with Crippen LogP contribution < -0.4 is 10.6 Å². The first kappa shape index (κ1) is 34.4. The molecule has 14 nitrogen and oxygen atoms in total. The van der Waals surface area contributed by atoms with E-state index in [0.29, 0.717) is 79.2 Å². The molecule has 0 atom stereocenters. The number of hydrogen-bond acceptors (Lipinski definition) is 11. The molecule has 37 heavy (non-hydrogen) atoms. The highest BCUT2D eigenvalue weighted by atomic mass is 16.6. The first-order valence-corrected chi connectivity index (χ1v) is 11.9. The SMILES string of the molecule is COC(=O)/C=C/C(=O)NCCC(=O)NCCOCCOCCOCCOCCOCCOCCC(=O)O. The maximum Gasteiger partial charge on any atom is 0.330 e. The van der Waals surface area contributed by atoms with Gasteiger partial charge < -0.3 is 48.9 Å². The number of aliphatic carboxylic acids is 1. The maximum absolute atomic E-state index is 11.7. The molecule has 0 bridgehead atoms. The van der Waals surface area contributed by atoms with Crippen LogP contribution in [0.3, 0.4) is 0 Å². The lowest BCUT2D eigenvalue weighted by atomic mass is 10.3. The van der Waals surface area contributed by atoms with Gasteiger partial charge in [-0.2, -0.15) is 0 Å². The van der Waals surface area contributed by atoms with E-state index in [-0.39, 0.29) is 31.9 Å². The molecule has 14 heteroatoms. The Morgan fingerprint density at radius 3 is 1.51 bits per heavy atom. The molecular weight excluding hydrogens is 496 g/mol. The fourth-order valence-corrected chi connectivity index (χ4v) is 2.28. The van der Waals surface area contributed by atoms with Crippen molar-refractivity contribution in [1.29, 1.82) is 0 Å². The molecule has 214 valence electrons. The fraction of sp³-hybridized carbons (Fsp3) is 0.739. The molecular formula is C23H40N2O12. The first-order valence-electron chi connectivity index (χ1n) is 11.9. The van der Waals surface area contributed by atoms with Crippen molar-refractivity contribution in [3.05, 3.63) is 12.2 Å². The van der Waals surface area contributed by atoms with Gasteiger partial charge in [-0.3, -0.25) is 14.4 Å². The number of hydrogen-bond donors (Lipinski definition) is 3. The van der Waals surface area contributed by atoms with E-state index in [0.717, 1.165) is 12.2 Å². The highest BCUT2D eigenvalue weighted by Crippen LogP contribution is 1.87. The van der Waals surface area contributed by atoms with Crippen molar-refractivity contribution in [2.75, 3.05) is 99.5 Å². The number of methoxy groups -OCH3 is 1. The summed E-state index contributed by atoms with van der Waals surface area (Å²) in [5, 5.41) is 13.6. The molecule has 3 N–H and O–H groups in total. The van der Waals surface area contributed by atoms with Crippen molar-refractivity contribution in [3.63, 3.8) is 0 Å². The molecule has 0 fully saturated rings. The number of carbonyl (C=O) groups excluding carboxylic acids is 3. The molecule has 0 unspecified atom stereocenters. The van der Waals surface area contributed by atoms with Crippen LogP contribution in [0.1, 0.15) is 12.8 Å². The number of carbonyl (C=O) groups is 4. The molecule has 0 aliphatic rings. The van der Waals surface area contributed by atoms with Crippen molar-refractivity contribution in [3.8, 4) is 0 Å². The van der Waals surface area contributed by atoms with Gasteiger partial charge in [0.2, 0.25) is 11.8 Å². The van der Waals surface area contributed by atoms with Crippen LogP contribution in [0.15, 0.2) is 12.2 Å². The van der Waals surface area contributed by atoms with Crippen LogP contribution in [0.25, 0.3) is 0 Å². The number of carboxylic acid groups (broad SMARTS) is 1. The standard InChI is InChI=1S/C23H40N2O12/c1-31-23(30)3-2-20(26)24-6-4-21(27)25-7-9-33-11-13-35-15-17-37-19-18-36-16-14-34-12-10-32-8-5-22(28)29/h2-3H,4-19H2,1H3,(H,24,26)(H,25,27)(H,28,29)/b3-2+. The average molecular weight is 537 g/mol. The minimum atomic E-state index is -0.888. The molecule has 0 aromatic carbocycles. The Bertz CT molecular complexity index is 645. The van der Waals surface area contributed by atoms with Crippen molar-refractivity contribution in [2.45, 2.75) is 12.8 Å². The second-order valence-electron chi connectivity index (χ2n) is 7.07. The van der Waals surface area contributed by atoms with E-state index in [1.54, 1.807) is 0 Å². The Kier molecular flexibility index (Phi) is 24.6. The zero-order valence-electron chi connectivity index (χ0n) is 21.4. The molecule has 0 radical (unpaired) electrons. The van der Waals surface area contributed by atoms with Crippen LogP contribution in [0.4, 0.5) is 0 Å². The van der Waals surface area contributed by atoms with Gasteiger partial charge in [-0.1, -0.05) is 0 Å². The van der Waals surface area contributed by atoms with Gasteiger partial charge in [0.15, 0.2) is 0 Å². The van der Waals surface area contributed by atoms with E-state index in [9.17, 15) is 19.2 Å². The van der Waals surface area contributed by atoms with Crippen molar-refractivity contribution in [2.24, 2.45) is 0 Å². The van der Waals surface area contributed by atoms with E-state index >= 15 is 0 Å². The summed E-state index contributed by atoms with van der Waals surface area (Å²) in [6.07, 6.45) is 2.12. The van der Waals surface area contributed by atoms with Crippen LogP contribution in [0, 0.1) is 0 Å². The summed E-state index contributed by atoms with van der Waals surface area (Å²) in [6.45, 7) is 5.08. The summed E-state index contributed by atoms with van der Waals surface area (Å²) >= 11 is 0. The normalized spacial score (nSPS) is 10.9. The molecule has 0 aliphatic carbocycles. The van der Waals surface area contributed by atoms with Gasteiger partial charge in [-0.25, -0.2) is 4.79 Å². The molecule has 0 saturated carbocycles. The van der Waals surface area contributed by atoms with Gasteiger partial charge in [0.05, 0.1) is 92.8 Å². The smallest absolute Gasteiger partial charge is 0.330 e. The molecule has 0 aromatic rings. The number of amides is 2. The van der Waals surface area contributed by atoms with Crippen molar-refractivity contribution in [1.82, 2.24) is 10.6 Å². The van der Waals surface area contributed by atoms with E-state index in [2.05, 4.69) is 15.4 Å². The monoisotopic (exact) mass is 536 g/mol. The third kappa shape index (κ3) is 27.8. The molecule has 2 amide bonds.